The molecule has 0 amide bonds. The molecule has 0 aliphatic heterocycles. The van der Waals surface area contributed by atoms with Gasteiger partial charge >= 0.3 is 0 Å². The second-order valence-electron chi connectivity index (χ2n) is 2.37. The van der Waals surface area contributed by atoms with E-state index in [1.165, 1.54) is 6.07 Å². The van der Waals surface area contributed by atoms with Crippen molar-refractivity contribution >= 4 is 0 Å². The second-order valence-corrected chi connectivity index (χ2v) is 2.37. The van der Waals surface area contributed by atoms with Crippen LogP contribution >= 0.6 is 0 Å². The zero-order valence-electron chi connectivity index (χ0n) is 6.21. The molecular formula is C8H10FNO. The van der Waals surface area contributed by atoms with Crippen molar-refractivity contribution in [3.05, 3.63) is 35.6 Å². The molecule has 3 heteroatoms. The Morgan fingerprint density at radius 2 is 2.09 bits per heavy atom. The van der Waals surface area contributed by atoms with E-state index in [1.54, 1.807) is 25.1 Å². The third-order valence-electron chi connectivity index (χ3n) is 1.57. The summed E-state index contributed by atoms with van der Waals surface area (Å²) >= 11 is 0. The number of hydrogen-bond donors (Lipinski definition) is 2. The van der Waals surface area contributed by atoms with Gasteiger partial charge in [-0.05, 0) is 13.0 Å². The molecule has 0 heterocycles. The van der Waals surface area contributed by atoms with Crippen LogP contribution < -0.4 is 5.48 Å². The van der Waals surface area contributed by atoms with Gasteiger partial charge in [0, 0.05) is 5.56 Å². The summed E-state index contributed by atoms with van der Waals surface area (Å²) in [4.78, 5) is 0. The summed E-state index contributed by atoms with van der Waals surface area (Å²) in [5, 5.41) is 8.50. The number of hydrogen-bond acceptors (Lipinski definition) is 2. The topological polar surface area (TPSA) is 32.3 Å². The smallest absolute Gasteiger partial charge is 0.128 e. The van der Waals surface area contributed by atoms with Crippen molar-refractivity contribution in [2.45, 2.75) is 13.0 Å². The maximum absolute atomic E-state index is 12.9. The van der Waals surface area contributed by atoms with Crippen LogP contribution in [-0.2, 0) is 0 Å². The number of nitrogens with one attached hydrogen (secondary N) is 1. The number of rotatable bonds is 2. The monoisotopic (exact) mass is 155 g/mol. The lowest BCUT2D eigenvalue weighted by Crippen LogP contribution is -2.14. The molecule has 2 nitrogen and oxygen atoms in total. The van der Waals surface area contributed by atoms with Crippen molar-refractivity contribution in [2.75, 3.05) is 0 Å². The minimum Gasteiger partial charge on any atom is -0.316 e. The molecule has 0 saturated carbocycles. The summed E-state index contributed by atoms with van der Waals surface area (Å²) in [5.41, 5.74) is 2.45. The van der Waals surface area contributed by atoms with Crippen molar-refractivity contribution in [3.8, 4) is 0 Å². The van der Waals surface area contributed by atoms with Gasteiger partial charge in [0.1, 0.15) is 5.82 Å². The summed E-state index contributed by atoms with van der Waals surface area (Å²) in [7, 11) is 0. The van der Waals surface area contributed by atoms with Crippen LogP contribution in [0.25, 0.3) is 0 Å². The molecule has 1 rings (SSSR count). The summed E-state index contributed by atoms with van der Waals surface area (Å²) < 4.78 is 12.9. The van der Waals surface area contributed by atoms with Crippen LogP contribution in [0.15, 0.2) is 24.3 Å². The zero-order chi connectivity index (χ0) is 8.27. The first-order chi connectivity index (χ1) is 5.25. The fraction of sp³-hybridized carbons (Fsp3) is 0.250. The Kier molecular flexibility index (Phi) is 2.57. The lowest BCUT2D eigenvalue weighted by Gasteiger charge is -2.09. The standard InChI is InChI=1S/C8H10FNO/c1-6(10-11)7-4-2-3-5-8(7)9/h2-6,10-11H,1H3/t6-/m1/s1. The molecule has 0 radical (unpaired) electrons. The third-order valence-corrected chi connectivity index (χ3v) is 1.57. The van der Waals surface area contributed by atoms with Gasteiger partial charge in [-0.25, -0.2) is 4.39 Å². The molecule has 11 heavy (non-hydrogen) atoms. The Hall–Kier alpha value is -0.930. The fourth-order valence-corrected chi connectivity index (χ4v) is 0.896. The second kappa shape index (κ2) is 3.46. The van der Waals surface area contributed by atoms with Gasteiger partial charge in [-0.1, -0.05) is 18.2 Å². The average Bonchev–Trinajstić information content (AvgIpc) is 2.04. The number of benzene rings is 1. The molecule has 0 bridgehead atoms. The molecule has 0 aliphatic rings. The summed E-state index contributed by atoms with van der Waals surface area (Å²) in [6.45, 7) is 1.68. The highest BCUT2D eigenvalue weighted by Gasteiger charge is 2.07. The Bertz CT molecular complexity index is 239. The molecule has 0 unspecified atom stereocenters. The van der Waals surface area contributed by atoms with Crippen molar-refractivity contribution in [1.82, 2.24) is 5.48 Å². The van der Waals surface area contributed by atoms with E-state index in [1.807, 2.05) is 5.48 Å². The Morgan fingerprint density at radius 3 is 2.64 bits per heavy atom. The van der Waals surface area contributed by atoms with E-state index in [2.05, 4.69) is 0 Å². The zero-order valence-corrected chi connectivity index (χ0v) is 6.21. The van der Waals surface area contributed by atoms with Crippen molar-refractivity contribution in [3.63, 3.8) is 0 Å². The maximum Gasteiger partial charge on any atom is 0.128 e. The minimum absolute atomic E-state index is 0.304. The SMILES string of the molecule is C[C@@H](NO)c1ccccc1F. The lowest BCUT2D eigenvalue weighted by molar-refractivity contribution is 0.132. The quantitative estimate of drug-likeness (QED) is 0.639. The molecule has 60 valence electrons. The Labute approximate surface area is 64.6 Å². The first kappa shape index (κ1) is 8.17. The van der Waals surface area contributed by atoms with E-state index in [0.717, 1.165) is 0 Å². The number of halogens is 1. The lowest BCUT2D eigenvalue weighted by atomic mass is 10.1. The molecule has 0 fully saturated rings. The minimum atomic E-state index is -0.365. The van der Waals surface area contributed by atoms with Crippen LogP contribution in [-0.4, -0.2) is 5.21 Å². The molecular weight excluding hydrogens is 145 g/mol. The van der Waals surface area contributed by atoms with Gasteiger partial charge < -0.3 is 5.21 Å². The van der Waals surface area contributed by atoms with E-state index < -0.39 is 0 Å². The average molecular weight is 155 g/mol. The molecule has 0 saturated heterocycles. The largest absolute Gasteiger partial charge is 0.316 e. The van der Waals surface area contributed by atoms with Crippen molar-refractivity contribution in [2.24, 2.45) is 0 Å². The van der Waals surface area contributed by atoms with Crippen molar-refractivity contribution in [1.29, 1.82) is 0 Å². The molecule has 1 aromatic rings. The van der Waals surface area contributed by atoms with Gasteiger partial charge in [0.2, 0.25) is 0 Å². The Morgan fingerprint density at radius 1 is 1.45 bits per heavy atom. The van der Waals surface area contributed by atoms with E-state index in [9.17, 15) is 4.39 Å². The van der Waals surface area contributed by atoms with Crippen LogP contribution in [0.1, 0.15) is 18.5 Å². The van der Waals surface area contributed by atoms with Crippen LogP contribution in [0.2, 0.25) is 0 Å². The van der Waals surface area contributed by atoms with Gasteiger partial charge in [-0.2, -0.15) is 5.48 Å². The molecule has 0 aliphatic carbocycles. The van der Waals surface area contributed by atoms with Crippen LogP contribution in [0.3, 0.4) is 0 Å². The predicted octanol–water partition coefficient (Wildman–Crippen LogP) is 1.87. The third kappa shape index (κ3) is 1.76. The van der Waals surface area contributed by atoms with Gasteiger partial charge in [-0.3, -0.25) is 0 Å². The van der Waals surface area contributed by atoms with E-state index in [4.69, 9.17) is 5.21 Å². The van der Waals surface area contributed by atoms with Gasteiger partial charge in [-0.15, -0.1) is 0 Å². The van der Waals surface area contributed by atoms with Gasteiger partial charge in [0.25, 0.3) is 0 Å². The maximum atomic E-state index is 12.9. The van der Waals surface area contributed by atoms with E-state index in [0.29, 0.717) is 5.56 Å². The van der Waals surface area contributed by atoms with Crippen LogP contribution in [0.4, 0.5) is 4.39 Å². The normalized spacial score (nSPS) is 13.0. The molecule has 2 N–H and O–H groups in total. The van der Waals surface area contributed by atoms with Gasteiger partial charge in [0.15, 0.2) is 0 Å². The molecule has 0 spiro atoms. The highest BCUT2D eigenvalue weighted by Crippen LogP contribution is 2.14. The predicted molar refractivity (Wildman–Crippen MR) is 39.7 cm³/mol. The van der Waals surface area contributed by atoms with Crippen LogP contribution in [0.5, 0.6) is 0 Å². The Balaban J connectivity index is 2.93. The van der Waals surface area contributed by atoms with Crippen molar-refractivity contribution < 1.29 is 9.60 Å². The highest BCUT2D eigenvalue weighted by molar-refractivity contribution is 5.19. The van der Waals surface area contributed by atoms with Gasteiger partial charge in [0.05, 0.1) is 6.04 Å². The molecule has 1 atom stereocenters. The summed E-state index contributed by atoms with van der Waals surface area (Å²) in [5.74, 6) is -0.304. The van der Waals surface area contributed by atoms with E-state index >= 15 is 0 Å². The first-order valence-corrected chi connectivity index (χ1v) is 3.39. The van der Waals surface area contributed by atoms with E-state index in [-0.39, 0.29) is 11.9 Å². The molecule has 0 aromatic heterocycles. The summed E-state index contributed by atoms with van der Waals surface area (Å²) in [6, 6.07) is 5.97. The summed E-state index contributed by atoms with van der Waals surface area (Å²) in [6.07, 6.45) is 0. The first-order valence-electron chi connectivity index (χ1n) is 3.39. The molecule has 1 aromatic carbocycles. The highest BCUT2D eigenvalue weighted by atomic mass is 19.1. The van der Waals surface area contributed by atoms with Crippen LogP contribution in [0, 0.1) is 5.82 Å². The number of hydroxylamine groups is 1. The fourth-order valence-electron chi connectivity index (χ4n) is 0.896.